The molecular weight excluding hydrogens is 336 g/mol. The zero-order valence-corrected chi connectivity index (χ0v) is 14.9. The Morgan fingerprint density at radius 3 is 2.40 bits per heavy atom. The summed E-state index contributed by atoms with van der Waals surface area (Å²) < 4.78 is 0.981. The summed E-state index contributed by atoms with van der Waals surface area (Å²) in [6, 6.07) is 5.91. The lowest BCUT2D eigenvalue weighted by Crippen LogP contribution is -2.39. The Morgan fingerprint density at radius 1 is 1.30 bits per heavy atom. The Hall–Kier alpha value is -0.0500. The first-order chi connectivity index (χ1) is 9.20. The average Bonchev–Trinajstić information content (AvgIpc) is 2.32. The summed E-state index contributed by atoms with van der Waals surface area (Å²) in [6.45, 7) is 6.90. The minimum absolute atomic E-state index is 0.344. The molecule has 2 rings (SSSR count). The van der Waals surface area contributed by atoms with E-state index >= 15 is 0 Å². The molecule has 1 N–H and O–H groups in total. The van der Waals surface area contributed by atoms with E-state index < -0.39 is 5.60 Å². The molecule has 1 aromatic rings. The van der Waals surface area contributed by atoms with E-state index in [1.54, 1.807) is 0 Å². The van der Waals surface area contributed by atoms with E-state index in [9.17, 15) is 5.11 Å². The van der Waals surface area contributed by atoms with E-state index in [1.165, 1.54) is 0 Å². The van der Waals surface area contributed by atoms with Gasteiger partial charge in [0.05, 0.1) is 5.60 Å². The lowest BCUT2D eigenvalue weighted by molar-refractivity contribution is -0.0245. The smallest absolute Gasteiger partial charge is 0.0688 e. The van der Waals surface area contributed by atoms with Gasteiger partial charge < -0.3 is 5.11 Å². The van der Waals surface area contributed by atoms with E-state index in [0.717, 1.165) is 40.7 Å². The molecule has 20 heavy (non-hydrogen) atoms. The molecule has 0 radical (unpaired) electrons. The second kappa shape index (κ2) is 5.98. The summed E-state index contributed by atoms with van der Waals surface area (Å²) in [7, 11) is 0. The maximum atomic E-state index is 10.8. The third kappa shape index (κ3) is 3.99. The number of halogens is 2. The maximum Gasteiger partial charge on any atom is 0.0688 e. The molecule has 0 bridgehead atoms. The quantitative estimate of drug-likeness (QED) is 0.727. The summed E-state index contributed by atoms with van der Waals surface area (Å²) in [4.78, 5) is 0. The molecule has 1 nitrogen and oxygen atoms in total. The van der Waals surface area contributed by atoms with Crippen LogP contribution < -0.4 is 0 Å². The molecule has 0 spiro atoms. The van der Waals surface area contributed by atoms with Gasteiger partial charge in [-0.2, -0.15) is 0 Å². The van der Waals surface area contributed by atoms with Gasteiger partial charge in [-0.3, -0.25) is 0 Å². The predicted octanol–water partition coefficient (Wildman–Crippen LogP) is 5.61. The summed E-state index contributed by atoms with van der Waals surface area (Å²) in [5.41, 5.74) is 0.807. The van der Waals surface area contributed by atoms with Crippen molar-refractivity contribution in [3.05, 3.63) is 33.3 Å². The SMILES string of the molecule is CC(C)(C)C1CCC(O)(Cc2ccc(Br)cc2Cl)CC1. The van der Waals surface area contributed by atoms with Gasteiger partial charge in [0.25, 0.3) is 0 Å². The van der Waals surface area contributed by atoms with Crippen molar-refractivity contribution >= 4 is 27.5 Å². The minimum Gasteiger partial charge on any atom is -0.390 e. The van der Waals surface area contributed by atoms with Crippen molar-refractivity contribution in [3.63, 3.8) is 0 Å². The van der Waals surface area contributed by atoms with Crippen molar-refractivity contribution in [1.82, 2.24) is 0 Å². The van der Waals surface area contributed by atoms with Crippen LogP contribution in [-0.4, -0.2) is 10.7 Å². The van der Waals surface area contributed by atoms with Gasteiger partial charge in [0.1, 0.15) is 0 Å². The highest BCUT2D eigenvalue weighted by molar-refractivity contribution is 9.10. The summed E-state index contributed by atoms with van der Waals surface area (Å²) in [5.74, 6) is 0.711. The molecule has 1 aliphatic carbocycles. The first-order valence-corrected chi connectivity index (χ1v) is 8.53. The van der Waals surface area contributed by atoms with Crippen molar-refractivity contribution in [1.29, 1.82) is 0 Å². The fourth-order valence-electron chi connectivity index (χ4n) is 3.22. The van der Waals surface area contributed by atoms with Crippen molar-refractivity contribution in [2.75, 3.05) is 0 Å². The van der Waals surface area contributed by atoms with E-state index in [0.29, 0.717) is 17.8 Å². The molecule has 3 heteroatoms. The monoisotopic (exact) mass is 358 g/mol. The Morgan fingerprint density at radius 2 is 1.90 bits per heavy atom. The summed E-state index contributed by atoms with van der Waals surface area (Å²) in [6.07, 6.45) is 4.63. The van der Waals surface area contributed by atoms with Gasteiger partial charge in [-0.25, -0.2) is 0 Å². The van der Waals surface area contributed by atoms with Crippen molar-refractivity contribution in [2.24, 2.45) is 11.3 Å². The second-order valence-electron chi connectivity index (χ2n) is 7.28. The molecule has 0 amide bonds. The number of hydrogen-bond acceptors (Lipinski definition) is 1. The van der Waals surface area contributed by atoms with E-state index in [2.05, 4.69) is 36.7 Å². The van der Waals surface area contributed by atoms with Gasteiger partial charge >= 0.3 is 0 Å². The van der Waals surface area contributed by atoms with E-state index in [-0.39, 0.29) is 0 Å². The van der Waals surface area contributed by atoms with Crippen LogP contribution >= 0.6 is 27.5 Å². The predicted molar refractivity (Wildman–Crippen MR) is 89.2 cm³/mol. The van der Waals surface area contributed by atoms with Gasteiger partial charge in [-0.05, 0) is 54.7 Å². The van der Waals surface area contributed by atoms with Crippen LogP contribution in [0.25, 0.3) is 0 Å². The highest BCUT2D eigenvalue weighted by Crippen LogP contribution is 2.43. The fraction of sp³-hybridized carbons (Fsp3) is 0.647. The highest BCUT2D eigenvalue weighted by Gasteiger charge is 2.37. The third-order valence-corrected chi connectivity index (χ3v) is 5.52. The van der Waals surface area contributed by atoms with Crippen LogP contribution in [-0.2, 0) is 6.42 Å². The molecule has 1 fully saturated rings. The van der Waals surface area contributed by atoms with Crippen LogP contribution in [0.4, 0.5) is 0 Å². The standard InChI is InChI=1S/C17H24BrClO/c1-16(2,3)13-6-8-17(20,9-7-13)11-12-4-5-14(18)10-15(12)19/h4-5,10,13,20H,6-9,11H2,1-3H3. The normalized spacial score (nSPS) is 27.6. The molecule has 0 saturated heterocycles. The lowest BCUT2D eigenvalue weighted by Gasteiger charge is -2.41. The molecule has 1 aliphatic rings. The van der Waals surface area contributed by atoms with Crippen LogP contribution in [0.2, 0.25) is 5.02 Å². The van der Waals surface area contributed by atoms with Crippen LogP contribution in [0.15, 0.2) is 22.7 Å². The van der Waals surface area contributed by atoms with Crippen LogP contribution in [0.1, 0.15) is 52.0 Å². The summed E-state index contributed by atoms with van der Waals surface area (Å²) in [5, 5.41) is 11.6. The van der Waals surface area contributed by atoms with Gasteiger partial charge in [0.2, 0.25) is 0 Å². The van der Waals surface area contributed by atoms with Gasteiger partial charge in [-0.1, -0.05) is 54.4 Å². The zero-order valence-electron chi connectivity index (χ0n) is 12.5. The molecule has 0 heterocycles. The van der Waals surface area contributed by atoms with Crippen LogP contribution in [0.5, 0.6) is 0 Å². The van der Waals surface area contributed by atoms with Crippen LogP contribution in [0, 0.1) is 11.3 Å². The van der Waals surface area contributed by atoms with Crippen molar-refractivity contribution in [3.8, 4) is 0 Å². The Labute approximate surface area is 135 Å². The first kappa shape index (κ1) is 16.3. The average molecular weight is 360 g/mol. The first-order valence-electron chi connectivity index (χ1n) is 7.36. The number of rotatable bonds is 2. The molecule has 0 aliphatic heterocycles. The van der Waals surface area contributed by atoms with Gasteiger partial charge in [-0.15, -0.1) is 0 Å². The topological polar surface area (TPSA) is 20.2 Å². The molecular formula is C17H24BrClO. The second-order valence-corrected chi connectivity index (χ2v) is 8.60. The number of hydrogen-bond donors (Lipinski definition) is 1. The highest BCUT2D eigenvalue weighted by atomic mass is 79.9. The van der Waals surface area contributed by atoms with Crippen molar-refractivity contribution in [2.45, 2.75) is 58.5 Å². The molecule has 1 aromatic carbocycles. The number of benzene rings is 1. The summed E-state index contributed by atoms with van der Waals surface area (Å²) >= 11 is 9.69. The Bertz CT molecular complexity index is 470. The van der Waals surface area contributed by atoms with E-state index in [1.807, 2.05) is 18.2 Å². The zero-order chi connectivity index (χ0) is 15.0. The minimum atomic E-state index is -0.584. The Balaban J connectivity index is 2.03. The van der Waals surface area contributed by atoms with Gasteiger partial charge in [0, 0.05) is 15.9 Å². The van der Waals surface area contributed by atoms with E-state index in [4.69, 9.17) is 11.6 Å². The maximum absolute atomic E-state index is 10.8. The third-order valence-electron chi connectivity index (χ3n) is 4.68. The fourth-order valence-corrected chi connectivity index (χ4v) is 3.96. The molecule has 112 valence electrons. The Kier molecular flexibility index (Phi) is 4.88. The lowest BCUT2D eigenvalue weighted by atomic mass is 9.67. The molecule has 1 saturated carbocycles. The largest absolute Gasteiger partial charge is 0.390 e. The molecule has 0 aromatic heterocycles. The number of aliphatic hydroxyl groups is 1. The molecule has 0 atom stereocenters. The van der Waals surface area contributed by atoms with Crippen molar-refractivity contribution < 1.29 is 5.11 Å². The van der Waals surface area contributed by atoms with Gasteiger partial charge in [0.15, 0.2) is 0 Å². The van der Waals surface area contributed by atoms with Crippen LogP contribution in [0.3, 0.4) is 0 Å². The molecule has 0 unspecified atom stereocenters.